The maximum atomic E-state index is 10.7. The first-order valence-corrected chi connectivity index (χ1v) is 4.74. The summed E-state index contributed by atoms with van der Waals surface area (Å²) in [4.78, 5) is 12.4. The Kier molecular flexibility index (Phi) is 4.83. The minimum Gasteiger partial charge on any atom is -0.452 e. The van der Waals surface area contributed by atoms with Gasteiger partial charge >= 0.3 is 6.09 Å². The average Bonchev–Trinajstić information content (AvgIpc) is 2.02. The van der Waals surface area contributed by atoms with Crippen LogP contribution in [0.2, 0.25) is 0 Å². The number of carbonyl (C=O) groups excluding carboxylic acids is 1. The predicted octanol–water partition coefficient (Wildman–Crippen LogP) is 2.13. The van der Waals surface area contributed by atoms with E-state index in [1.54, 1.807) is 4.99 Å². The Bertz CT molecular complexity index is 209. The highest BCUT2D eigenvalue weighted by molar-refractivity contribution is 9.11. The van der Waals surface area contributed by atoms with Crippen molar-refractivity contribution in [3.05, 3.63) is 10.7 Å². The molecule has 0 aromatic heterocycles. The van der Waals surface area contributed by atoms with E-state index in [9.17, 15) is 4.79 Å². The number of halogens is 1. The Labute approximate surface area is 86.8 Å². The normalized spacial score (nSPS) is 12.2. The van der Waals surface area contributed by atoms with Gasteiger partial charge in [-0.2, -0.15) is 0 Å². The molecule has 0 aliphatic heterocycles. The topological polar surface area (TPSA) is 50.4 Å². The van der Waals surface area contributed by atoms with E-state index < -0.39 is 6.09 Å². The number of methoxy groups -OCH3 is 1. The third-order valence-electron chi connectivity index (χ3n) is 1.40. The highest BCUT2D eigenvalue weighted by Gasteiger charge is 2.16. The Morgan fingerprint density at radius 1 is 1.38 bits per heavy atom. The van der Waals surface area contributed by atoms with Crippen LogP contribution in [0.4, 0.5) is 4.79 Å². The van der Waals surface area contributed by atoms with Gasteiger partial charge in [0.2, 0.25) is 0 Å². The number of nitrogens with one attached hydrogen (secondary N) is 2. The number of amides is 1. The van der Waals surface area contributed by atoms with Crippen LogP contribution in [-0.4, -0.2) is 13.2 Å². The maximum Gasteiger partial charge on any atom is 0.425 e. The maximum absolute atomic E-state index is 10.7. The lowest BCUT2D eigenvalue weighted by molar-refractivity contribution is 0.166. The van der Waals surface area contributed by atoms with Gasteiger partial charge in [-0.3, -0.25) is 5.43 Å². The molecule has 1 amide bonds. The van der Waals surface area contributed by atoms with E-state index in [0.717, 1.165) is 5.70 Å². The van der Waals surface area contributed by atoms with Crippen LogP contribution >= 0.6 is 15.9 Å². The molecule has 0 bridgehead atoms. The fraction of sp³-hybridized carbons (Fsp3) is 0.625. The zero-order valence-corrected chi connectivity index (χ0v) is 9.86. The summed E-state index contributed by atoms with van der Waals surface area (Å²) in [6.07, 6.45) is -0.517. The van der Waals surface area contributed by atoms with Crippen molar-refractivity contribution in [1.29, 1.82) is 0 Å². The van der Waals surface area contributed by atoms with Crippen molar-refractivity contribution in [2.75, 3.05) is 7.11 Å². The molecule has 13 heavy (non-hydrogen) atoms. The zero-order chi connectivity index (χ0) is 10.5. The molecule has 4 nitrogen and oxygen atoms in total. The number of hydrogen-bond acceptors (Lipinski definition) is 3. The summed E-state index contributed by atoms with van der Waals surface area (Å²) in [6, 6.07) is 0. The van der Waals surface area contributed by atoms with E-state index in [1.807, 2.05) is 20.8 Å². The third kappa shape index (κ3) is 4.77. The van der Waals surface area contributed by atoms with E-state index in [0.29, 0.717) is 0 Å². The number of rotatable bonds is 2. The summed E-state index contributed by atoms with van der Waals surface area (Å²) in [5.74, 6) is 0. The second-order valence-electron chi connectivity index (χ2n) is 3.51. The SMILES string of the molecule is COC(=O)NN/C(=C/Br)C(C)(C)C. The third-order valence-corrected chi connectivity index (χ3v) is 1.86. The first kappa shape index (κ1) is 12.3. The first-order valence-electron chi connectivity index (χ1n) is 3.82. The highest BCUT2D eigenvalue weighted by atomic mass is 79.9. The molecule has 0 aliphatic rings. The van der Waals surface area contributed by atoms with Crippen molar-refractivity contribution in [2.24, 2.45) is 5.41 Å². The number of allylic oxidation sites excluding steroid dienone is 1. The Morgan fingerprint density at radius 3 is 2.23 bits per heavy atom. The lowest BCUT2D eigenvalue weighted by Crippen LogP contribution is -2.40. The van der Waals surface area contributed by atoms with Gasteiger partial charge in [-0.25, -0.2) is 10.2 Å². The molecule has 0 fully saturated rings. The van der Waals surface area contributed by atoms with Gasteiger partial charge in [0.15, 0.2) is 0 Å². The van der Waals surface area contributed by atoms with Gasteiger partial charge < -0.3 is 4.74 Å². The molecule has 0 unspecified atom stereocenters. The molecule has 0 aliphatic carbocycles. The van der Waals surface area contributed by atoms with E-state index in [1.165, 1.54) is 7.11 Å². The van der Waals surface area contributed by atoms with E-state index in [2.05, 4.69) is 31.5 Å². The molecule has 0 aromatic carbocycles. The van der Waals surface area contributed by atoms with Crippen molar-refractivity contribution in [2.45, 2.75) is 20.8 Å². The Morgan fingerprint density at radius 2 is 1.92 bits per heavy atom. The fourth-order valence-corrected chi connectivity index (χ4v) is 1.35. The first-order chi connectivity index (χ1) is 5.91. The van der Waals surface area contributed by atoms with Gasteiger partial charge in [-0.15, -0.1) is 0 Å². The summed E-state index contributed by atoms with van der Waals surface area (Å²) in [6.45, 7) is 6.06. The molecular formula is C8H15BrN2O2. The smallest absolute Gasteiger partial charge is 0.425 e. The van der Waals surface area contributed by atoms with Crippen molar-refractivity contribution in [1.82, 2.24) is 10.9 Å². The Balaban J connectivity index is 4.11. The molecule has 0 saturated heterocycles. The van der Waals surface area contributed by atoms with Gasteiger partial charge in [0.25, 0.3) is 0 Å². The number of carbonyl (C=O) groups is 1. The summed E-state index contributed by atoms with van der Waals surface area (Å²) in [7, 11) is 1.31. The average molecular weight is 251 g/mol. The van der Waals surface area contributed by atoms with Crippen molar-refractivity contribution < 1.29 is 9.53 Å². The van der Waals surface area contributed by atoms with Gasteiger partial charge in [0.1, 0.15) is 0 Å². The summed E-state index contributed by atoms with van der Waals surface area (Å²) >= 11 is 3.21. The second-order valence-corrected chi connectivity index (χ2v) is 3.97. The van der Waals surface area contributed by atoms with Crippen LogP contribution < -0.4 is 10.9 Å². The molecule has 0 spiro atoms. The molecule has 5 heteroatoms. The van der Waals surface area contributed by atoms with Crippen LogP contribution in [0, 0.1) is 5.41 Å². The fourth-order valence-electron chi connectivity index (χ4n) is 0.548. The monoisotopic (exact) mass is 250 g/mol. The number of ether oxygens (including phenoxy) is 1. The number of hydrogen-bond donors (Lipinski definition) is 2. The molecule has 0 aromatic rings. The van der Waals surface area contributed by atoms with E-state index >= 15 is 0 Å². The predicted molar refractivity (Wildman–Crippen MR) is 55.1 cm³/mol. The molecule has 2 N–H and O–H groups in total. The van der Waals surface area contributed by atoms with Crippen LogP contribution in [0.1, 0.15) is 20.8 Å². The molecule has 0 rings (SSSR count). The van der Waals surface area contributed by atoms with Crippen molar-refractivity contribution >= 4 is 22.0 Å². The Hall–Kier alpha value is -0.710. The van der Waals surface area contributed by atoms with Gasteiger partial charge in [-0.1, -0.05) is 36.7 Å². The standard InChI is InChI=1S/C8H15BrN2O2/c1-8(2,3)6(5-9)10-11-7(12)13-4/h5,10H,1-4H3,(H,11,12)/b6-5+. The largest absolute Gasteiger partial charge is 0.452 e. The lowest BCUT2D eigenvalue weighted by Gasteiger charge is -2.23. The molecule has 0 heterocycles. The molecule has 0 atom stereocenters. The van der Waals surface area contributed by atoms with E-state index in [-0.39, 0.29) is 5.41 Å². The second kappa shape index (κ2) is 5.11. The van der Waals surface area contributed by atoms with Crippen LogP contribution in [0.25, 0.3) is 0 Å². The molecule has 0 saturated carbocycles. The summed E-state index contributed by atoms with van der Waals surface area (Å²) in [5.41, 5.74) is 5.92. The van der Waals surface area contributed by atoms with E-state index in [4.69, 9.17) is 0 Å². The van der Waals surface area contributed by atoms with Crippen LogP contribution in [-0.2, 0) is 4.74 Å². The van der Waals surface area contributed by atoms with Crippen LogP contribution in [0.5, 0.6) is 0 Å². The van der Waals surface area contributed by atoms with Gasteiger partial charge in [-0.05, 0) is 0 Å². The lowest BCUT2D eigenvalue weighted by atomic mass is 9.93. The summed E-state index contributed by atoms with van der Waals surface area (Å²) in [5, 5.41) is 0. The summed E-state index contributed by atoms with van der Waals surface area (Å²) < 4.78 is 4.40. The number of hydrazine groups is 1. The van der Waals surface area contributed by atoms with Gasteiger partial charge in [0.05, 0.1) is 7.11 Å². The molecular weight excluding hydrogens is 236 g/mol. The minimum atomic E-state index is -0.517. The zero-order valence-electron chi connectivity index (χ0n) is 8.27. The van der Waals surface area contributed by atoms with Crippen LogP contribution in [0.15, 0.2) is 10.7 Å². The molecule has 76 valence electrons. The quantitative estimate of drug-likeness (QED) is 0.739. The van der Waals surface area contributed by atoms with Gasteiger partial charge in [0, 0.05) is 16.1 Å². The highest BCUT2D eigenvalue weighted by Crippen LogP contribution is 2.22. The molecule has 0 radical (unpaired) electrons. The minimum absolute atomic E-state index is 0.0650. The van der Waals surface area contributed by atoms with Crippen molar-refractivity contribution in [3.8, 4) is 0 Å². The van der Waals surface area contributed by atoms with Crippen molar-refractivity contribution in [3.63, 3.8) is 0 Å². The van der Waals surface area contributed by atoms with Crippen LogP contribution in [0.3, 0.4) is 0 Å².